The third kappa shape index (κ3) is 3.85. The predicted molar refractivity (Wildman–Crippen MR) is 110 cm³/mol. The zero-order valence-corrected chi connectivity index (χ0v) is 16.3. The molecule has 1 fully saturated rings. The van der Waals surface area contributed by atoms with E-state index >= 15 is 0 Å². The van der Waals surface area contributed by atoms with Crippen molar-refractivity contribution in [1.29, 1.82) is 0 Å². The number of aromatic nitrogens is 2. The molecule has 0 saturated carbocycles. The van der Waals surface area contributed by atoms with Crippen molar-refractivity contribution in [3.63, 3.8) is 0 Å². The van der Waals surface area contributed by atoms with E-state index in [2.05, 4.69) is 31.3 Å². The Balaban J connectivity index is 1.73. The van der Waals surface area contributed by atoms with E-state index in [0.717, 1.165) is 30.7 Å². The molecule has 1 unspecified atom stereocenters. The average Bonchev–Trinajstić information content (AvgIpc) is 3.17. The number of nitrogens with one attached hydrogen (secondary N) is 1. The fourth-order valence-electron chi connectivity index (χ4n) is 3.47. The number of hydrogen-bond donors (Lipinski definition) is 1. The molecule has 0 radical (unpaired) electrons. The number of hydrogen-bond acceptors (Lipinski definition) is 3. The minimum Gasteiger partial charge on any atom is -0.379 e. The number of amides is 1. The van der Waals surface area contributed by atoms with Gasteiger partial charge in [0.15, 0.2) is 0 Å². The molecule has 3 aromatic rings. The van der Waals surface area contributed by atoms with E-state index in [9.17, 15) is 4.79 Å². The molecule has 1 saturated heterocycles. The van der Waals surface area contributed by atoms with Crippen LogP contribution in [0.25, 0.3) is 16.9 Å². The first-order valence-electron chi connectivity index (χ1n) is 9.73. The highest BCUT2D eigenvalue weighted by atomic mass is 16.5. The molecule has 2 heterocycles. The van der Waals surface area contributed by atoms with E-state index in [-0.39, 0.29) is 11.9 Å². The third-order valence-corrected chi connectivity index (χ3v) is 5.26. The number of rotatable bonds is 4. The van der Waals surface area contributed by atoms with Crippen LogP contribution >= 0.6 is 0 Å². The minimum atomic E-state index is -0.106. The molecule has 0 spiro atoms. The highest BCUT2D eigenvalue weighted by molar-refractivity contribution is 6.00. The van der Waals surface area contributed by atoms with E-state index in [1.807, 2.05) is 42.6 Å². The third-order valence-electron chi connectivity index (χ3n) is 5.26. The van der Waals surface area contributed by atoms with Gasteiger partial charge in [-0.1, -0.05) is 30.3 Å². The number of para-hydroxylation sites is 1. The van der Waals surface area contributed by atoms with Crippen molar-refractivity contribution >= 4 is 5.91 Å². The van der Waals surface area contributed by atoms with Crippen molar-refractivity contribution in [1.82, 2.24) is 15.1 Å². The maximum atomic E-state index is 13.1. The zero-order chi connectivity index (χ0) is 19.5. The molecule has 0 aliphatic carbocycles. The molecule has 144 valence electrons. The van der Waals surface area contributed by atoms with E-state index in [4.69, 9.17) is 9.84 Å². The summed E-state index contributed by atoms with van der Waals surface area (Å²) >= 11 is 0. The molecule has 1 aliphatic heterocycles. The molecule has 1 amide bonds. The monoisotopic (exact) mass is 375 g/mol. The van der Waals surface area contributed by atoms with Crippen LogP contribution in [-0.2, 0) is 4.74 Å². The molecule has 5 heteroatoms. The van der Waals surface area contributed by atoms with Crippen molar-refractivity contribution in [2.75, 3.05) is 13.2 Å². The van der Waals surface area contributed by atoms with Crippen LogP contribution in [-0.4, -0.2) is 34.9 Å². The summed E-state index contributed by atoms with van der Waals surface area (Å²) in [6.45, 7) is 5.49. The Morgan fingerprint density at radius 1 is 1.14 bits per heavy atom. The van der Waals surface area contributed by atoms with E-state index in [1.54, 1.807) is 4.68 Å². The lowest BCUT2D eigenvalue weighted by Crippen LogP contribution is -2.40. The summed E-state index contributed by atoms with van der Waals surface area (Å²) in [4.78, 5) is 13.1. The number of nitrogens with zero attached hydrogens (tertiary/aromatic N) is 2. The standard InChI is InChI=1S/C23H25N3O2/c1-16-10-11-18(13-17(16)2)22-21(23(27)24-19-7-6-12-28-15-19)14-26(25-22)20-8-4-3-5-9-20/h3-5,8-11,13-14,19H,6-7,12,15H2,1-2H3,(H,24,27). The first-order chi connectivity index (χ1) is 13.6. The van der Waals surface area contributed by atoms with Gasteiger partial charge in [0.05, 0.1) is 23.9 Å². The van der Waals surface area contributed by atoms with Crippen LogP contribution < -0.4 is 5.32 Å². The molecular weight excluding hydrogens is 350 g/mol. The maximum absolute atomic E-state index is 13.1. The Hall–Kier alpha value is -2.92. The highest BCUT2D eigenvalue weighted by Crippen LogP contribution is 2.26. The van der Waals surface area contributed by atoms with Crippen LogP contribution in [0.4, 0.5) is 0 Å². The summed E-state index contributed by atoms with van der Waals surface area (Å²) < 4.78 is 7.28. The van der Waals surface area contributed by atoms with Gasteiger partial charge >= 0.3 is 0 Å². The SMILES string of the molecule is Cc1ccc(-c2nn(-c3ccccc3)cc2C(=O)NC2CCCOC2)cc1C. The molecular formula is C23H25N3O2. The van der Waals surface area contributed by atoms with E-state index in [0.29, 0.717) is 17.9 Å². The Bertz CT molecular complexity index is 973. The lowest BCUT2D eigenvalue weighted by molar-refractivity contribution is 0.0624. The largest absolute Gasteiger partial charge is 0.379 e. The fraction of sp³-hybridized carbons (Fsp3) is 0.304. The highest BCUT2D eigenvalue weighted by Gasteiger charge is 2.22. The second kappa shape index (κ2) is 7.98. The summed E-state index contributed by atoms with van der Waals surface area (Å²) in [5, 5.41) is 7.88. The van der Waals surface area contributed by atoms with Crippen LogP contribution in [0, 0.1) is 13.8 Å². The Kier molecular flexibility index (Phi) is 5.26. The quantitative estimate of drug-likeness (QED) is 0.748. The molecule has 2 aromatic carbocycles. The van der Waals surface area contributed by atoms with Crippen molar-refractivity contribution in [2.24, 2.45) is 0 Å². The summed E-state index contributed by atoms with van der Waals surface area (Å²) in [6, 6.07) is 16.1. The van der Waals surface area contributed by atoms with Gasteiger partial charge in [-0.15, -0.1) is 0 Å². The molecule has 5 nitrogen and oxygen atoms in total. The number of aryl methyl sites for hydroxylation is 2. The van der Waals surface area contributed by atoms with Gasteiger partial charge in [-0.05, 0) is 56.0 Å². The normalized spacial score (nSPS) is 16.7. The molecule has 1 atom stereocenters. The molecule has 4 rings (SSSR count). The van der Waals surface area contributed by atoms with E-state index in [1.165, 1.54) is 11.1 Å². The summed E-state index contributed by atoms with van der Waals surface area (Å²) in [6.07, 6.45) is 3.73. The summed E-state index contributed by atoms with van der Waals surface area (Å²) in [5.41, 5.74) is 5.55. The first-order valence-corrected chi connectivity index (χ1v) is 9.73. The first kappa shape index (κ1) is 18.4. The van der Waals surface area contributed by atoms with Crippen molar-refractivity contribution in [2.45, 2.75) is 32.7 Å². The van der Waals surface area contributed by atoms with Crippen LogP contribution in [0.1, 0.15) is 34.3 Å². The molecule has 1 aromatic heterocycles. The average molecular weight is 375 g/mol. The Morgan fingerprint density at radius 2 is 1.96 bits per heavy atom. The topological polar surface area (TPSA) is 56.2 Å². The van der Waals surface area contributed by atoms with Gasteiger partial charge in [0, 0.05) is 18.4 Å². The van der Waals surface area contributed by atoms with Gasteiger partial charge in [-0.3, -0.25) is 4.79 Å². The Morgan fingerprint density at radius 3 is 2.68 bits per heavy atom. The van der Waals surface area contributed by atoms with Crippen molar-refractivity contribution in [3.05, 3.63) is 71.4 Å². The van der Waals surface area contributed by atoms with Gasteiger partial charge in [-0.2, -0.15) is 5.10 Å². The van der Waals surface area contributed by atoms with Crippen LogP contribution in [0.5, 0.6) is 0 Å². The second-order valence-electron chi connectivity index (χ2n) is 7.36. The zero-order valence-electron chi connectivity index (χ0n) is 16.3. The number of benzene rings is 2. The van der Waals surface area contributed by atoms with Gasteiger partial charge in [-0.25, -0.2) is 4.68 Å². The maximum Gasteiger partial charge on any atom is 0.255 e. The smallest absolute Gasteiger partial charge is 0.255 e. The van der Waals surface area contributed by atoms with Gasteiger partial charge < -0.3 is 10.1 Å². The molecule has 1 N–H and O–H groups in total. The van der Waals surface area contributed by atoms with Crippen molar-refractivity contribution < 1.29 is 9.53 Å². The van der Waals surface area contributed by atoms with Gasteiger partial charge in [0.1, 0.15) is 5.69 Å². The molecule has 1 aliphatic rings. The molecule has 28 heavy (non-hydrogen) atoms. The summed E-state index contributed by atoms with van der Waals surface area (Å²) in [5.74, 6) is -0.106. The minimum absolute atomic E-state index is 0.0499. The van der Waals surface area contributed by atoms with Gasteiger partial charge in [0.2, 0.25) is 0 Å². The van der Waals surface area contributed by atoms with E-state index < -0.39 is 0 Å². The second-order valence-corrected chi connectivity index (χ2v) is 7.36. The molecule has 0 bridgehead atoms. The summed E-state index contributed by atoms with van der Waals surface area (Å²) in [7, 11) is 0. The number of ether oxygens (including phenoxy) is 1. The van der Waals surface area contributed by atoms with Crippen molar-refractivity contribution in [3.8, 4) is 16.9 Å². The number of carbonyl (C=O) groups excluding carboxylic acids is 1. The van der Waals surface area contributed by atoms with Gasteiger partial charge in [0.25, 0.3) is 5.91 Å². The van der Waals surface area contributed by atoms with Crippen LogP contribution in [0.15, 0.2) is 54.7 Å². The lowest BCUT2D eigenvalue weighted by Gasteiger charge is -2.23. The predicted octanol–water partition coefficient (Wildman–Crippen LogP) is 4.06. The van der Waals surface area contributed by atoms with Crippen LogP contribution in [0.3, 0.4) is 0 Å². The fourth-order valence-corrected chi connectivity index (χ4v) is 3.47. The Labute approximate surface area is 165 Å². The van der Waals surface area contributed by atoms with Crippen LogP contribution in [0.2, 0.25) is 0 Å². The number of carbonyl (C=O) groups is 1. The lowest BCUT2D eigenvalue weighted by atomic mass is 10.0.